The summed E-state index contributed by atoms with van der Waals surface area (Å²) in [5.41, 5.74) is 1.17. The first-order valence-electron chi connectivity index (χ1n) is 5.77. The molecule has 2 heteroatoms. The second kappa shape index (κ2) is 5.50. The summed E-state index contributed by atoms with van der Waals surface area (Å²) >= 11 is 0. The van der Waals surface area contributed by atoms with Crippen molar-refractivity contribution in [2.24, 2.45) is 0 Å². The molecule has 0 atom stereocenters. The molecule has 2 nitrogen and oxygen atoms in total. The molecule has 16 heavy (non-hydrogen) atoms. The van der Waals surface area contributed by atoms with Crippen molar-refractivity contribution >= 4 is 5.78 Å². The maximum atomic E-state index is 11.0. The van der Waals surface area contributed by atoms with E-state index in [0.29, 0.717) is 6.42 Å². The third-order valence-electron chi connectivity index (χ3n) is 2.71. The van der Waals surface area contributed by atoms with E-state index in [4.69, 9.17) is 4.42 Å². The van der Waals surface area contributed by atoms with Gasteiger partial charge in [0, 0.05) is 12.8 Å². The molecule has 0 aliphatic heterocycles. The highest BCUT2D eigenvalue weighted by molar-refractivity contribution is 5.93. The van der Waals surface area contributed by atoms with Crippen molar-refractivity contribution in [3.05, 3.63) is 48.0 Å². The molecule has 0 aromatic carbocycles. The van der Waals surface area contributed by atoms with Crippen LogP contribution in [-0.2, 0) is 11.2 Å². The Balaban J connectivity index is 1.66. The second-order valence-electron chi connectivity index (χ2n) is 4.06. The molecule has 2 rings (SSSR count). The molecule has 0 bridgehead atoms. The molecule has 84 valence electrons. The Labute approximate surface area is 95.7 Å². The normalized spacial score (nSPS) is 16.0. The fourth-order valence-corrected chi connectivity index (χ4v) is 1.83. The van der Waals surface area contributed by atoms with Gasteiger partial charge in [0.25, 0.3) is 0 Å². The lowest BCUT2D eigenvalue weighted by atomic mass is 10.1. The Morgan fingerprint density at radius 2 is 2.31 bits per heavy atom. The highest BCUT2D eigenvalue weighted by Gasteiger charge is 2.08. The van der Waals surface area contributed by atoms with Crippen LogP contribution in [0.5, 0.6) is 0 Å². The van der Waals surface area contributed by atoms with E-state index in [-0.39, 0.29) is 5.78 Å². The zero-order valence-corrected chi connectivity index (χ0v) is 9.32. The smallest absolute Gasteiger partial charge is 0.156 e. The van der Waals surface area contributed by atoms with E-state index in [9.17, 15) is 4.79 Å². The number of carbonyl (C=O) groups excluding carboxylic acids is 1. The zero-order valence-electron chi connectivity index (χ0n) is 9.32. The number of unbranched alkanes of at least 4 members (excludes halogenated alkanes) is 1. The Hall–Kier alpha value is -1.57. The summed E-state index contributed by atoms with van der Waals surface area (Å²) in [4.78, 5) is 11.0. The number of aryl methyl sites for hydroxylation is 1. The number of rotatable bonds is 5. The molecule has 0 saturated carbocycles. The molecule has 1 heterocycles. The SMILES string of the molecule is O=C1C=C(C=CCCCc2ccco2)CC1. The molecule has 0 radical (unpaired) electrons. The van der Waals surface area contributed by atoms with Crippen LogP contribution in [0.2, 0.25) is 0 Å². The largest absolute Gasteiger partial charge is 0.469 e. The van der Waals surface area contributed by atoms with Crippen molar-refractivity contribution in [2.75, 3.05) is 0 Å². The van der Waals surface area contributed by atoms with Gasteiger partial charge in [0.2, 0.25) is 0 Å². The topological polar surface area (TPSA) is 30.2 Å². The van der Waals surface area contributed by atoms with Gasteiger partial charge < -0.3 is 4.42 Å². The van der Waals surface area contributed by atoms with E-state index in [1.165, 1.54) is 5.57 Å². The molecule has 0 N–H and O–H groups in total. The fourth-order valence-electron chi connectivity index (χ4n) is 1.83. The molecule has 1 aliphatic carbocycles. The summed E-state index contributed by atoms with van der Waals surface area (Å²) in [6, 6.07) is 3.92. The van der Waals surface area contributed by atoms with Crippen LogP contribution in [-0.4, -0.2) is 5.78 Å². The van der Waals surface area contributed by atoms with Gasteiger partial charge >= 0.3 is 0 Å². The molecule has 1 aromatic rings. The quantitative estimate of drug-likeness (QED) is 0.706. The molecular weight excluding hydrogens is 200 g/mol. The number of carbonyl (C=O) groups is 1. The molecular formula is C14H16O2. The predicted molar refractivity (Wildman–Crippen MR) is 63.1 cm³/mol. The van der Waals surface area contributed by atoms with Crippen molar-refractivity contribution < 1.29 is 9.21 Å². The van der Waals surface area contributed by atoms with E-state index in [1.807, 2.05) is 12.1 Å². The van der Waals surface area contributed by atoms with Crippen molar-refractivity contribution in [3.8, 4) is 0 Å². The van der Waals surface area contributed by atoms with Crippen LogP contribution in [0.25, 0.3) is 0 Å². The highest BCUT2D eigenvalue weighted by Crippen LogP contribution is 2.16. The minimum atomic E-state index is 0.259. The average molecular weight is 216 g/mol. The summed E-state index contributed by atoms with van der Waals surface area (Å²) in [6.07, 6.45) is 12.4. The summed E-state index contributed by atoms with van der Waals surface area (Å²) in [5.74, 6) is 1.30. The van der Waals surface area contributed by atoms with Crippen molar-refractivity contribution in [1.29, 1.82) is 0 Å². The minimum absolute atomic E-state index is 0.259. The zero-order chi connectivity index (χ0) is 11.2. The second-order valence-corrected chi connectivity index (χ2v) is 4.06. The summed E-state index contributed by atoms with van der Waals surface area (Å²) in [5, 5.41) is 0. The van der Waals surface area contributed by atoms with Crippen molar-refractivity contribution in [2.45, 2.75) is 32.1 Å². The van der Waals surface area contributed by atoms with Crippen LogP contribution >= 0.6 is 0 Å². The number of allylic oxidation sites excluding steroid dienone is 4. The van der Waals surface area contributed by atoms with Gasteiger partial charge in [0.1, 0.15) is 5.76 Å². The Morgan fingerprint density at radius 1 is 1.38 bits per heavy atom. The van der Waals surface area contributed by atoms with E-state index >= 15 is 0 Å². The van der Waals surface area contributed by atoms with E-state index in [1.54, 1.807) is 12.3 Å². The number of furan rings is 1. The Morgan fingerprint density at radius 3 is 3.00 bits per heavy atom. The third-order valence-corrected chi connectivity index (χ3v) is 2.71. The minimum Gasteiger partial charge on any atom is -0.469 e. The van der Waals surface area contributed by atoms with Crippen LogP contribution in [0.4, 0.5) is 0 Å². The molecule has 0 fully saturated rings. The number of ketones is 1. The van der Waals surface area contributed by atoms with Crippen LogP contribution in [0, 0.1) is 0 Å². The molecule has 0 saturated heterocycles. The van der Waals surface area contributed by atoms with Crippen LogP contribution in [0.15, 0.2) is 46.6 Å². The summed E-state index contributed by atoms with van der Waals surface area (Å²) in [7, 11) is 0. The van der Waals surface area contributed by atoms with Gasteiger partial charge in [0.05, 0.1) is 6.26 Å². The van der Waals surface area contributed by atoms with E-state index < -0.39 is 0 Å². The molecule has 0 amide bonds. The van der Waals surface area contributed by atoms with E-state index in [2.05, 4.69) is 12.2 Å². The highest BCUT2D eigenvalue weighted by atomic mass is 16.3. The van der Waals surface area contributed by atoms with Gasteiger partial charge in [-0.3, -0.25) is 4.79 Å². The monoisotopic (exact) mass is 216 g/mol. The van der Waals surface area contributed by atoms with Gasteiger partial charge in [-0.05, 0) is 43.0 Å². The fraction of sp³-hybridized carbons (Fsp3) is 0.357. The lowest BCUT2D eigenvalue weighted by molar-refractivity contribution is -0.114. The molecule has 1 aromatic heterocycles. The Bertz CT molecular complexity index is 396. The van der Waals surface area contributed by atoms with Crippen molar-refractivity contribution in [3.63, 3.8) is 0 Å². The first-order valence-corrected chi connectivity index (χ1v) is 5.77. The summed E-state index contributed by atoms with van der Waals surface area (Å²) < 4.78 is 5.25. The maximum absolute atomic E-state index is 11.0. The molecule has 1 aliphatic rings. The maximum Gasteiger partial charge on any atom is 0.156 e. The average Bonchev–Trinajstić information content (AvgIpc) is 2.89. The van der Waals surface area contributed by atoms with E-state index in [0.717, 1.165) is 31.4 Å². The first-order chi connectivity index (χ1) is 7.84. The van der Waals surface area contributed by atoms with Gasteiger partial charge in [0.15, 0.2) is 5.78 Å². The first kappa shape index (κ1) is 10.9. The van der Waals surface area contributed by atoms with Gasteiger partial charge in [-0.15, -0.1) is 0 Å². The molecule has 0 unspecified atom stereocenters. The third kappa shape index (κ3) is 3.23. The van der Waals surface area contributed by atoms with Crippen LogP contribution < -0.4 is 0 Å². The summed E-state index contributed by atoms with van der Waals surface area (Å²) in [6.45, 7) is 0. The Kier molecular flexibility index (Phi) is 3.76. The van der Waals surface area contributed by atoms with Crippen LogP contribution in [0.1, 0.15) is 31.4 Å². The predicted octanol–water partition coefficient (Wildman–Crippen LogP) is 3.45. The van der Waals surface area contributed by atoms with Crippen LogP contribution in [0.3, 0.4) is 0 Å². The lowest BCUT2D eigenvalue weighted by Crippen LogP contribution is -1.80. The number of hydrogen-bond acceptors (Lipinski definition) is 2. The standard InChI is InChI=1S/C14H16O2/c15-13-9-8-12(11-13)5-2-1-3-6-14-7-4-10-16-14/h2,4-5,7,10-11H,1,3,6,8-9H2. The number of hydrogen-bond donors (Lipinski definition) is 0. The van der Waals surface area contributed by atoms with Gasteiger partial charge in [-0.2, -0.15) is 0 Å². The van der Waals surface area contributed by atoms with Gasteiger partial charge in [-0.25, -0.2) is 0 Å². The lowest BCUT2D eigenvalue weighted by Gasteiger charge is -1.94. The molecule has 0 spiro atoms. The van der Waals surface area contributed by atoms with Gasteiger partial charge in [-0.1, -0.05) is 12.2 Å². The van der Waals surface area contributed by atoms with Crippen molar-refractivity contribution in [1.82, 2.24) is 0 Å².